The van der Waals surface area contributed by atoms with E-state index in [9.17, 15) is 9.59 Å². The molecule has 0 saturated heterocycles. The fraction of sp³-hybridized carbons (Fsp3) is 0.0714. The Balaban J connectivity index is 1.89. The van der Waals surface area contributed by atoms with Crippen molar-refractivity contribution in [2.75, 3.05) is 12.4 Å². The van der Waals surface area contributed by atoms with Crippen LogP contribution in [0.2, 0.25) is 0 Å². The minimum atomic E-state index is -0.716. The number of primary amides is 1. The molecule has 24 heavy (non-hydrogen) atoms. The van der Waals surface area contributed by atoms with Crippen LogP contribution in [0.4, 0.5) is 11.5 Å². The Hall–Kier alpha value is -3.69. The van der Waals surface area contributed by atoms with E-state index in [4.69, 9.17) is 10.5 Å². The molecule has 3 aromatic rings. The minimum absolute atomic E-state index is 0.0462. The summed E-state index contributed by atoms with van der Waals surface area (Å²) in [5.74, 6) is -0.736. The first-order valence-electron chi connectivity index (χ1n) is 6.70. The van der Waals surface area contributed by atoms with Gasteiger partial charge in [-0.25, -0.2) is 14.8 Å². The average molecular weight is 328 g/mol. The summed E-state index contributed by atoms with van der Waals surface area (Å²) in [6, 6.07) is 6.83. The highest BCUT2D eigenvalue weighted by Crippen LogP contribution is 2.25. The monoisotopic (exact) mass is 328 g/mol. The zero-order valence-electron chi connectivity index (χ0n) is 12.4. The van der Waals surface area contributed by atoms with Gasteiger partial charge in [0.25, 0.3) is 5.91 Å². The molecule has 2 heterocycles. The van der Waals surface area contributed by atoms with Crippen molar-refractivity contribution >= 4 is 17.4 Å². The lowest BCUT2D eigenvalue weighted by molar-refractivity contribution is 0.0997. The van der Waals surface area contributed by atoms with Crippen LogP contribution in [-0.4, -0.2) is 33.1 Å². The number of nitrogens with two attached hydrogens (primary N) is 1. The number of ether oxygens (including phenoxy) is 1. The second kappa shape index (κ2) is 6.20. The van der Waals surface area contributed by atoms with E-state index in [-0.39, 0.29) is 17.3 Å². The summed E-state index contributed by atoms with van der Waals surface area (Å²) < 4.78 is 9.47. The number of methoxy groups -OCH3 is 1. The molecule has 10 heteroatoms. The van der Waals surface area contributed by atoms with Gasteiger partial charge in [0.05, 0.1) is 7.11 Å². The number of benzene rings is 1. The third kappa shape index (κ3) is 2.92. The van der Waals surface area contributed by atoms with Crippen LogP contribution < -0.4 is 21.5 Å². The van der Waals surface area contributed by atoms with E-state index in [1.165, 1.54) is 13.4 Å². The zero-order valence-corrected chi connectivity index (χ0v) is 12.4. The molecule has 10 nitrogen and oxygen atoms in total. The van der Waals surface area contributed by atoms with Crippen molar-refractivity contribution in [2.45, 2.75) is 0 Å². The zero-order chi connectivity index (χ0) is 17.1. The van der Waals surface area contributed by atoms with Gasteiger partial charge in [-0.1, -0.05) is 5.16 Å². The molecule has 1 amide bonds. The topological polar surface area (TPSA) is 149 Å². The highest BCUT2D eigenvalue weighted by atomic mass is 16.5. The summed E-state index contributed by atoms with van der Waals surface area (Å²) >= 11 is 0. The molecule has 0 aliphatic carbocycles. The summed E-state index contributed by atoms with van der Waals surface area (Å²) in [6.45, 7) is 0. The Kier molecular flexibility index (Phi) is 3.93. The predicted octanol–water partition coefficient (Wildman–Crippen LogP) is 0.671. The Morgan fingerprint density at radius 1 is 1.29 bits per heavy atom. The first-order chi connectivity index (χ1) is 11.6. The second-order valence-electron chi connectivity index (χ2n) is 4.62. The number of carbonyl (C=O) groups excluding carboxylic acids is 1. The van der Waals surface area contributed by atoms with Crippen LogP contribution in [-0.2, 0) is 0 Å². The van der Waals surface area contributed by atoms with E-state index < -0.39 is 11.7 Å². The maximum atomic E-state index is 11.6. The molecule has 122 valence electrons. The van der Waals surface area contributed by atoms with E-state index in [1.807, 2.05) is 0 Å². The lowest BCUT2D eigenvalue weighted by Gasteiger charge is -2.11. The Morgan fingerprint density at radius 2 is 2.04 bits per heavy atom. The number of nitrogens with one attached hydrogen (secondary N) is 2. The van der Waals surface area contributed by atoms with Gasteiger partial charge < -0.3 is 15.8 Å². The number of aromatic amines is 1. The number of aromatic nitrogens is 4. The number of amides is 1. The summed E-state index contributed by atoms with van der Waals surface area (Å²) in [5, 5.41) is 6.56. The third-order valence-corrected chi connectivity index (χ3v) is 3.11. The van der Waals surface area contributed by atoms with Crippen LogP contribution in [0, 0.1) is 0 Å². The smallest absolute Gasteiger partial charge is 0.439 e. The van der Waals surface area contributed by atoms with Gasteiger partial charge in [-0.05, 0) is 24.3 Å². The summed E-state index contributed by atoms with van der Waals surface area (Å²) in [6.07, 6.45) is 1.25. The van der Waals surface area contributed by atoms with Crippen molar-refractivity contribution in [2.24, 2.45) is 5.73 Å². The quantitative estimate of drug-likeness (QED) is 0.618. The molecule has 1 aromatic carbocycles. The first-order valence-corrected chi connectivity index (χ1v) is 6.70. The van der Waals surface area contributed by atoms with Gasteiger partial charge in [0.15, 0.2) is 11.6 Å². The normalized spacial score (nSPS) is 10.4. The van der Waals surface area contributed by atoms with Gasteiger partial charge in [0.1, 0.15) is 11.9 Å². The second-order valence-corrected chi connectivity index (χ2v) is 4.62. The molecule has 0 unspecified atom stereocenters. The molecule has 0 saturated carbocycles. The van der Waals surface area contributed by atoms with Crippen LogP contribution in [0.15, 0.2) is 39.9 Å². The van der Waals surface area contributed by atoms with Crippen molar-refractivity contribution < 1.29 is 14.1 Å². The standard InChI is InChI=1S/C14H12N6O4/c1-23-13-9(10(15)21)12(16-6-17-13)18-8-4-2-7(3-5-8)11-19-14(22)24-20-11/h2-6H,1H3,(H2,15,21)(H,16,17,18)(H,19,20,22). The SMILES string of the molecule is COc1ncnc(Nc2ccc(-c3noc(=O)[nH]3)cc2)c1C(N)=O. The first kappa shape index (κ1) is 15.2. The van der Waals surface area contributed by atoms with Gasteiger partial charge in [-0.2, -0.15) is 0 Å². The Morgan fingerprint density at radius 3 is 2.62 bits per heavy atom. The molecule has 0 fully saturated rings. The number of hydrogen-bond acceptors (Lipinski definition) is 8. The van der Waals surface area contributed by atoms with Crippen LogP contribution >= 0.6 is 0 Å². The fourth-order valence-electron chi connectivity index (χ4n) is 2.04. The lowest BCUT2D eigenvalue weighted by Crippen LogP contribution is -2.16. The summed E-state index contributed by atoms with van der Waals surface area (Å²) in [7, 11) is 1.38. The summed E-state index contributed by atoms with van der Waals surface area (Å²) in [4.78, 5) is 32.9. The molecule has 0 atom stereocenters. The number of rotatable bonds is 5. The maximum absolute atomic E-state index is 11.6. The minimum Gasteiger partial charge on any atom is -0.480 e. The fourth-order valence-corrected chi connectivity index (χ4v) is 2.04. The van der Waals surface area contributed by atoms with Crippen molar-refractivity contribution in [1.82, 2.24) is 20.1 Å². The molecule has 0 bridgehead atoms. The van der Waals surface area contributed by atoms with E-state index in [0.29, 0.717) is 17.1 Å². The Bertz CT molecular complexity index is 931. The molecule has 2 aromatic heterocycles. The van der Waals surface area contributed by atoms with E-state index in [2.05, 4.69) is 29.9 Å². The molecule has 0 aliphatic heterocycles. The lowest BCUT2D eigenvalue weighted by atomic mass is 10.2. The van der Waals surface area contributed by atoms with E-state index in [1.54, 1.807) is 24.3 Å². The van der Waals surface area contributed by atoms with Gasteiger partial charge >= 0.3 is 5.76 Å². The van der Waals surface area contributed by atoms with Crippen molar-refractivity contribution in [3.63, 3.8) is 0 Å². The average Bonchev–Trinajstić information content (AvgIpc) is 3.01. The molecular weight excluding hydrogens is 316 g/mol. The van der Waals surface area contributed by atoms with Crippen molar-refractivity contribution in [1.29, 1.82) is 0 Å². The highest BCUT2D eigenvalue weighted by Gasteiger charge is 2.17. The van der Waals surface area contributed by atoms with Gasteiger partial charge in [0, 0.05) is 11.3 Å². The van der Waals surface area contributed by atoms with Crippen LogP contribution in [0.25, 0.3) is 11.4 Å². The molecular formula is C14H12N6O4. The number of hydrogen-bond donors (Lipinski definition) is 3. The van der Waals surface area contributed by atoms with E-state index in [0.717, 1.165) is 0 Å². The highest BCUT2D eigenvalue weighted by molar-refractivity contribution is 6.00. The number of carbonyl (C=O) groups is 1. The molecule has 3 rings (SSSR count). The third-order valence-electron chi connectivity index (χ3n) is 3.11. The summed E-state index contributed by atoms with van der Waals surface area (Å²) in [5.41, 5.74) is 6.69. The van der Waals surface area contributed by atoms with Gasteiger partial charge in [-0.15, -0.1) is 0 Å². The number of nitrogens with zero attached hydrogens (tertiary/aromatic N) is 3. The van der Waals surface area contributed by atoms with E-state index >= 15 is 0 Å². The van der Waals surface area contributed by atoms with Crippen LogP contribution in [0.5, 0.6) is 5.88 Å². The predicted molar refractivity (Wildman–Crippen MR) is 82.9 cm³/mol. The van der Waals surface area contributed by atoms with Crippen molar-refractivity contribution in [3.8, 4) is 17.3 Å². The van der Waals surface area contributed by atoms with Gasteiger partial charge in [0.2, 0.25) is 5.88 Å². The largest absolute Gasteiger partial charge is 0.480 e. The Labute approximate surface area is 134 Å². The van der Waals surface area contributed by atoms with Crippen molar-refractivity contribution in [3.05, 3.63) is 46.7 Å². The molecule has 4 N–H and O–H groups in total. The van der Waals surface area contributed by atoms with Crippen LogP contribution in [0.1, 0.15) is 10.4 Å². The number of H-pyrrole nitrogens is 1. The van der Waals surface area contributed by atoms with Crippen LogP contribution in [0.3, 0.4) is 0 Å². The molecule has 0 spiro atoms. The molecule has 0 aliphatic rings. The maximum Gasteiger partial charge on any atom is 0.439 e. The number of anilines is 2. The molecule has 0 radical (unpaired) electrons. The van der Waals surface area contributed by atoms with Gasteiger partial charge in [-0.3, -0.25) is 14.3 Å².